The molecular formula is C13H20N2. The Morgan fingerprint density at radius 2 is 1.93 bits per heavy atom. The summed E-state index contributed by atoms with van der Waals surface area (Å²) in [4.78, 5) is 2.45. The molecule has 0 aromatic heterocycles. The molecule has 0 radical (unpaired) electrons. The van der Waals surface area contributed by atoms with Gasteiger partial charge >= 0.3 is 0 Å². The molecule has 82 valence electrons. The molecule has 0 aliphatic carbocycles. The largest absolute Gasteiger partial charge is 0.374 e. The van der Waals surface area contributed by atoms with Gasteiger partial charge in [0.1, 0.15) is 0 Å². The van der Waals surface area contributed by atoms with Crippen molar-refractivity contribution in [1.82, 2.24) is 10.2 Å². The van der Waals surface area contributed by atoms with E-state index in [1.165, 1.54) is 37.4 Å². The van der Waals surface area contributed by atoms with E-state index < -0.39 is 0 Å². The van der Waals surface area contributed by atoms with Crippen LogP contribution >= 0.6 is 0 Å². The molecule has 1 N–H and O–H groups in total. The molecule has 15 heavy (non-hydrogen) atoms. The minimum Gasteiger partial charge on any atom is -0.374 e. The van der Waals surface area contributed by atoms with Gasteiger partial charge in [-0.25, -0.2) is 0 Å². The van der Waals surface area contributed by atoms with Crippen LogP contribution in [0.4, 0.5) is 0 Å². The van der Waals surface area contributed by atoms with Crippen LogP contribution in [0.25, 0.3) is 0 Å². The van der Waals surface area contributed by atoms with Crippen LogP contribution in [0.5, 0.6) is 0 Å². The van der Waals surface area contributed by atoms with E-state index in [1.54, 1.807) is 0 Å². The van der Waals surface area contributed by atoms with Gasteiger partial charge in [0.05, 0.1) is 0 Å². The molecule has 0 amide bonds. The number of hydrogen-bond acceptors (Lipinski definition) is 2. The maximum atomic E-state index is 3.74. The highest BCUT2D eigenvalue weighted by Gasteiger charge is 2.47. The van der Waals surface area contributed by atoms with Gasteiger partial charge in [-0.3, -0.25) is 0 Å². The highest BCUT2D eigenvalue weighted by Crippen LogP contribution is 2.36. The van der Waals surface area contributed by atoms with Crippen LogP contribution in [-0.4, -0.2) is 31.1 Å². The molecule has 2 heterocycles. The number of nitrogens with one attached hydrogen (secondary N) is 1. The first kappa shape index (κ1) is 10.5. The van der Waals surface area contributed by atoms with Crippen LogP contribution in [0, 0.1) is 5.41 Å². The summed E-state index contributed by atoms with van der Waals surface area (Å²) in [5.74, 6) is 0. The fourth-order valence-corrected chi connectivity index (χ4v) is 2.14. The lowest BCUT2D eigenvalue weighted by molar-refractivity contribution is -0.0161. The van der Waals surface area contributed by atoms with Gasteiger partial charge in [-0.15, -0.1) is 0 Å². The van der Waals surface area contributed by atoms with Gasteiger partial charge < -0.3 is 10.2 Å². The van der Waals surface area contributed by atoms with Crippen LogP contribution in [0.3, 0.4) is 0 Å². The molecule has 0 aromatic rings. The van der Waals surface area contributed by atoms with E-state index in [1.807, 2.05) is 6.08 Å². The maximum Gasteiger partial charge on any atom is 0.0302 e. The van der Waals surface area contributed by atoms with E-state index in [4.69, 9.17) is 0 Å². The third-order valence-corrected chi connectivity index (χ3v) is 3.46. The van der Waals surface area contributed by atoms with Crippen LogP contribution in [0.1, 0.15) is 13.8 Å². The topological polar surface area (TPSA) is 15.3 Å². The summed E-state index contributed by atoms with van der Waals surface area (Å²) in [5.41, 5.74) is 3.20. The van der Waals surface area contributed by atoms with E-state index in [2.05, 4.69) is 42.8 Å². The summed E-state index contributed by atoms with van der Waals surface area (Å²) in [7, 11) is 0. The van der Waals surface area contributed by atoms with E-state index in [0.717, 1.165) is 0 Å². The second-order valence-corrected chi connectivity index (χ2v) is 4.88. The minimum atomic E-state index is 0.617. The summed E-state index contributed by atoms with van der Waals surface area (Å²) in [6.07, 6.45) is 6.21. The summed E-state index contributed by atoms with van der Waals surface area (Å²) in [6.45, 7) is 12.9. The number of likely N-dealkylation sites (tertiary alicyclic amines) is 1. The van der Waals surface area contributed by atoms with Crippen molar-refractivity contribution in [2.75, 3.05) is 26.2 Å². The molecular weight excluding hydrogens is 184 g/mol. The fraction of sp³-hybridized carbons (Fsp3) is 0.538. The van der Waals surface area contributed by atoms with E-state index in [-0.39, 0.29) is 0 Å². The molecule has 0 saturated carbocycles. The summed E-state index contributed by atoms with van der Waals surface area (Å²) >= 11 is 0. The minimum absolute atomic E-state index is 0.617. The number of nitrogens with zero attached hydrogens (tertiary/aromatic N) is 1. The van der Waals surface area contributed by atoms with Gasteiger partial charge in [-0.05, 0) is 19.9 Å². The highest BCUT2D eigenvalue weighted by molar-refractivity contribution is 5.23. The Morgan fingerprint density at radius 3 is 2.40 bits per heavy atom. The van der Waals surface area contributed by atoms with Crippen LogP contribution in [0.15, 0.2) is 36.1 Å². The van der Waals surface area contributed by atoms with Gasteiger partial charge in [0.15, 0.2) is 0 Å². The third kappa shape index (κ3) is 2.00. The van der Waals surface area contributed by atoms with Crippen molar-refractivity contribution in [3.63, 3.8) is 0 Å². The van der Waals surface area contributed by atoms with E-state index in [0.29, 0.717) is 5.41 Å². The lowest BCUT2D eigenvalue weighted by atomic mass is 9.74. The van der Waals surface area contributed by atoms with Crippen LogP contribution in [-0.2, 0) is 0 Å². The quantitative estimate of drug-likeness (QED) is 0.707. The highest BCUT2D eigenvalue weighted by atomic mass is 15.3. The molecule has 1 spiro atoms. The smallest absolute Gasteiger partial charge is 0.0302 e. The molecule has 0 unspecified atom stereocenters. The average molecular weight is 204 g/mol. The molecule has 2 aliphatic heterocycles. The van der Waals surface area contributed by atoms with Crippen molar-refractivity contribution < 1.29 is 0 Å². The first-order chi connectivity index (χ1) is 7.15. The molecule has 2 nitrogen and oxygen atoms in total. The van der Waals surface area contributed by atoms with Crippen molar-refractivity contribution in [1.29, 1.82) is 0 Å². The Morgan fingerprint density at radius 1 is 1.27 bits per heavy atom. The predicted molar refractivity (Wildman–Crippen MR) is 64.6 cm³/mol. The molecule has 2 saturated heterocycles. The van der Waals surface area contributed by atoms with E-state index >= 15 is 0 Å². The Bertz CT molecular complexity index is 313. The zero-order chi connectivity index (χ0) is 10.9. The zero-order valence-electron chi connectivity index (χ0n) is 9.71. The summed E-state index contributed by atoms with van der Waals surface area (Å²) in [5, 5.41) is 3.35. The van der Waals surface area contributed by atoms with Crippen LogP contribution in [0.2, 0.25) is 0 Å². The van der Waals surface area contributed by atoms with Gasteiger partial charge in [0, 0.05) is 37.3 Å². The molecule has 2 heteroatoms. The lowest BCUT2D eigenvalue weighted by Crippen LogP contribution is -2.70. The van der Waals surface area contributed by atoms with Gasteiger partial charge in [-0.1, -0.05) is 24.3 Å². The Hall–Kier alpha value is -1.02. The Kier molecular flexibility index (Phi) is 2.70. The first-order valence-corrected chi connectivity index (χ1v) is 5.58. The second kappa shape index (κ2) is 3.86. The number of hydrogen-bond donors (Lipinski definition) is 1. The fourth-order valence-electron chi connectivity index (χ4n) is 2.14. The van der Waals surface area contributed by atoms with Crippen molar-refractivity contribution in [3.05, 3.63) is 36.1 Å². The molecule has 0 bridgehead atoms. The van der Waals surface area contributed by atoms with Gasteiger partial charge in [0.2, 0.25) is 0 Å². The first-order valence-electron chi connectivity index (χ1n) is 5.58. The molecule has 2 fully saturated rings. The predicted octanol–water partition coefficient (Wildman–Crippen LogP) is 1.93. The second-order valence-electron chi connectivity index (χ2n) is 4.88. The lowest BCUT2D eigenvalue weighted by Gasteiger charge is -2.57. The van der Waals surface area contributed by atoms with E-state index in [9.17, 15) is 0 Å². The van der Waals surface area contributed by atoms with Gasteiger partial charge in [-0.2, -0.15) is 0 Å². The van der Waals surface area contributed by atoms with Crippen molar-refractivity contribution in [3.8, 4) is 0 Å². The average Bonchev–Trinajstić information content (AvgIpc) is 2.09. The van der Waals surface area contributed by atoms with Crippen LogP contribution < -0.4 is 5.32 Å². The molecule has 0 atom stereocenters. The normalized spacial score (nSPS) is 24.8. The summed E-state index contributed by atoms with van der Waals surface area (Å²) < 4.78 is 0. The Labute approximate surface area is 92.3 Å². The maximum absolute atomic E-state index is 3.74. The van der Waals surface area contributed by atoms with Gasteiger partial charge in [0.25, 0.3) is 0 Å². The SMILES string of the molecule is C=C/C(C)=C\C=C(/C)N1CC2(CNC2)C1. The number of allylic oxidation sites excluding steroid dienone is 5. The van der Waals surface area contributed by atoms with Crippen molar-refractivity contribution in [2.24, 2.45) is 5.41 Å². The molecule has 2 rings (SSSR count). The Balaban J connectivity index is 1.87. The number of rotatable bonds is 3. The standard InChI is InChI=1S/C13H20N2/c1-4-11(2)5-6-12(3)15-9-13(10-15)7-14-8-13/h4-6,14H,1,7-10H2,2-3H3/b11-5-,12-6+. The molecule has 2 aliphatic rings. The third-order valence-electron chi connectivity index (χ3n) is 3.46. The monoisotopic (exact) mass is 204 g/mol. The summed E-state index contributed by atoms with van der Waals surface area (Å²) in [6, 6.07) is 0. The van der Waals surface area contributed by atoms with Crippen molar-refractivity contribution >= 4 is 0 Å². The zero-order valence-corrected chi connectivity index (χ0v) is 9.71. The molecule has 0 aromatic carbocycles. The van der Waals surface area contributed by atoms with Crippen molar-refractivity contribution in [2.45, 2.75) is 13.8 Å².